The molecule has 0 saturated heterocycles. The summed E-state index contributed by atoms with van der Waals surface area (Å²) < 4.78 is 47.4. The van der Waals surface area contributed by atoms with Crippen molar-refractivity contribution in [3.8, 4) is 22.5 Å². The molecule has 0 saturated carbocycles. The van der Waals surface area contributed by atoms with Gasteiger partial charge < -0.3 is 13.9 Å². The van der Waals surface area contributed by atoms with Crippen molar-refractivity contribution in [3.63, 3.8) is 0 Å². The quantitative estimate of drug-likeness (QED) is 0.0335. The third-order valence-corrected chi connectivity index (χ3v) is 13.0. The summed E-state index contributed by atoms with van der Waals surface area (Å²) in [7, 11) is -4.80. The van der Waals surface area contributed by atoms with E-state index in [2.05, 4.69) is 94.4 Å². The van der Waals surface area contributed by atoms with Gasteiger partial charge in [-0.05, 0) is 72.8 Å². The highest BCUT2D eigenvalue weighted by Gasteiger charge is 2.23. The van der Waals surface area contributed by atoms with Gasteiger partial charge in [0.25, 0.3) is 0 Å². The van der Waals surface area contributed by atoms with Gasteiger partial charge in [-0.3, -0.25) is 0 Å². The van der Waals surface area contributed by atoms with E-state index in [1.807, 2.05) is 96.3 Å². The van der Waals surface area contributed by atoms with Crippen LogP contribution < -0.4 is 14.8 Å². The number of rotatable bonds is 15. The lowest BCUT2D eigenvalue weighted by atomic mass is 9.93. The van der Waals surface area contributed by atoms with E-state index in [0.717, 1.165) is 59.9 Å². The molecule has 6 nitrogen and oxygen atoms in total. The summed E-state index contributed by atoms with van der Waals surface area (Å²) in [5, 5.41) is 1.66. The minimum atomic E-state index is -4.80. The summed E-state index contributed by atoms with van der Waals surface area (Å²) in [4.78, 5) is 4.52. The Balaban J connectivity index is 1.25. The standard InChI is InChI=1S/C49H42N2O4S3/c52-58(53,54)48-26-14-13-25-45(48)49-43-29-27-39(50(37-17-5-1-6-18-37)31-15-33-56-41-21-9-3-10-22-41)35-46(43)55-47-36-40(28-30-44(47)49)51(38-19-7-2-8-20-38)32-16-34-57-42-23-11-4-12-24-42/h1-14,17-30,35-36H,15-16,31-34H2. The largest absolute Gasteiger partial charge is 0.744 e. The van der Waals surface area contributed by atoms with Gasteiger partial charge in [-0.1, -0.05) is 91.0 Å². The summed E-state index contributed by atoms with van der Waals surface area (Å²) in [6.07, 6.45) is 1.87. The monoisotopic (exact) mass is 818 g/mol. The van der Waals surface area contributed by atoms with Crippen molar-refractivity contribution in [3.05, 3.63) is 187 Å². The van der Waals surface area contributed by atoms with Crippen LogP contribution in [0.3, 0.4) is 0 Å². The Kier molecular flexibility index (Phi) is 12.4. The second kappa shape index (κ2) is 18.3. The van der Waals surface area contributed by atoms with Gasteiger partial charge in [0.15, 0.2) is 0 Å². The fourth-order valence-electron chi connectivity index (χ4n) is 7.27. The molecule has 8 rings (SSSR count). The van der Waals surface area contributed by atoms with Crippen LogP contribution in [-0.2, 0) is 10.1 Å². The Morgan fingerprint density at radius 1 is 0.586 bits per heavy atom. The Labute approximate surface area is 348 Å². The zero-order valence-electron chi connectivity index (χ0n) is 31.8. The van der Waals surface area contributed by atoms with Crippen LogP contribution in [0.25, 0.3) is 33.4 Å². The van der Waals surface area contributed by atoms with Crippen molar-refractivity contribution in [2.75, 3.05) is 29.5 Å². The van der Waals surface area contributed by atoms with Gasteiger partial charge in [0.1, 0.15) is 28.0 Å². The van der Waals surface area contributed by atoms with Crippen molar-refractivity contribution in [1.82, 2.24) is 4.58 Å². The van der Waals surface area contributed by atoms with Gasteiger partial charge in [0.2, 0.25) is 11.0 Å². The van der Waals surface area contributed by atoms with Gasteiger partial charge in [0.05, 0.1) is 11.0 Å². The second-order valence-corrected chi connectivity index (χ2v) is 17.5. The van der Waals surface area contributed by atoms with Crippen molar-refractivity contribution < 1.29 is 17.4 Å². The average molecular weight is 819 g/mol. The van der Waals surface area contributed by atoms with E-state index >= 15 is 0 Å². The van der Waals surface area contributed by atoms with E-state index < -0.39 is 10.1 Å². The molecular weight excluding hydrogens is 777 g/mol. The predicted molar refractivity (Wildman–Crippen MR) is 239 cm³/mol. The first-order valence-corrected chi connectivity index (χ1v) is 22.7. The number of para-hydroxylation sites is 2. The third kappa shape index (κ3) is 9.24. The Hall–Kier alpha value is -5.58. The second-order valence-electron chi connectivity index (χ2n) is 13.8. The summed E-state index contributed by atoms with van der Waals surface area (Å²) in [6.45, 7) is 1.54. The summed E-state index contributed by atoms with van der Waals surface area (Å²) in [6, 6.07) is 60.1. The maximum Gasteiger partial charge on any atom is 0.209 e. The smallest absolute Gasteiger partial charge is 0.209 e. The maximum absolute atomic E-state index is 12.7. The van der Waals surface area contributed by atoms with E-state index in [1.54, 1.807) is 18.2 Å². The summed E-state index contributed by atoms with van der Waals surface area (Å²) in [5.41, 5.74) is 5.34. The fourth-order valence-corrected chi connectivity index (χ4v) is 9.68. The number of thioether (sulfide) groups is 2. The lowest BCUT2D eigenvalue weighted by Crippen LogP contribution is -2.27. The molecule has 0 amide bonds. The Morgan fingerprint density at radius 3 is 1.86 bits per heavy atom. The van der Waals surface area contributed by atoms with Crippen molar-refractivity contribution in [2.45, 2.75) is 27.5 Å². The zero-order chi connectivity index (χ0) is 39.7. The highest BCUT2D eigenvalue weighted by molar-refractivity contribution is 7.99. The molecule has 58 heavy (non-hydrogen) atoms. The first-order valence-electron chi connectivity index (χ1n) is 19.3. The van der Waals surface area contributed by atoms with Gasteiger partial charge >= 0.3 is 0 Å². The minimum Gasteiger partial charge on any atom is -0.744 e. The molecule has 0 spiro atoms. The molecule has 0 N–H and O–H groups in total. The van der Waals surface area contributed by atoms with Gasteiger partial charge in [-0.15, -0.1) is 23.5 Å². The number of fused-ring (bicyclic) bond motifs is 2. The average Bonchev–Trinajstić information content (AvgIpc) is 3.26. The number of hydrogen-bond donors (Lipinski definition) is 0. The normalized spacial score (nSPS) is 12.2. The first kappa shape index (κ1) is 39.3. The molecule has 290 valence electrons. The van der Waals surface area contributed by atoms with Crippen LogP contribution in [0.1, 0.15) is 12.8 Å². The number of nitrogens with zero attached hydrogens (tertiary/aromatic N) is 2. The topological polar surface area (TPSA) is 76.6 Å². The number of anilines is 2. The molecule has 0 fully saturated rings. The molecule has 2 aliphatic rings. The summed E-state index contributed by atoms with van der Waals surface area (Å²) >= 11 is 3.68. The van der Waals surface area contributed by atoms with Crippen molar-refractivity contribution in [2.24, 2.45) is 0 Å². The van der Waals surface area contributed by atoms with E-state index in [-0.39, 0.29) is 4.90 Å². The predicted octanol–water partition coefficient (Wildman–Crippen LogP) is 11.7. The van der Waals surface area contributed by atoms with Crippen LogP contribution in [-0.4, -0.2) is 37.6 Å². The molecule has 6 aromatic carbocycles. The minimum absolute atomic E-state index is 0.263. The molecule has 0 radical (unpaired) electrons. The van der Waals surface area contributed by atoms with Crippen LogP contribution in [0.2, 0.25) is 0 Å². The molecule has 0 atom stereocenters. The van der Waals surface area contributed by atoms with E-state index in [4.69, 9.17) is 4.42 Å². The molecule has 0 aromatic heterocycles. The molecule has 6 aromatic rings. The molecular formula is C49H42N2O4S3. The highest BCUT2D eigenvalue weighted by atomic mass is 32.2. The molecule has 9 heteroatoms. The van der Waals surface area contributed by atoms with E-state index in [0.29, 0.717) is 33.4 Å². The molecule has 1 aliphatic carbocycles. The van der Waals surface area contributed by atoms with Crippen molar-refractivity contribution >= 4 is 61.7 Å². The lowest BCUT2D eigenvalue weighted by Gasteiger charge is -2.26. The highest BCUT2D eigenvalue weighted by Crippen LogP contribution is 2.43. The van der Waals surface area contributed by atoms with Gasteiger partial charge in [0, 0.05) is 86.2 Å². The number of benzene rings is 7. The Bertz CT molecular complexity index is 2760. The maximum atomic E-state index is 12.7. The van der Waals surface area contributed by atoms with Crippen LogP contribution in [0.4, 0.5) is 17.1 Å². The van der Waals surface area contributed by atoms with Crippen LogP contribution >= 0.6 is 23.5 Å². The fraction of sp³-hybridized carbons (Fsp3) is 0.122. The first-order chi connectivity index (χ1) is 28.4. The van der Waals surface area contributed by atoms with Crippen LogP contribution in [0.15, 0.2) is 201 Å². The van der Waals surface area contributed by atoms with E-state index in [1.165, 1.54) is 15.9 Å². The zero-order valence-corrected chi connectivity index (χ0v) is 34.3. The third-order valence-electron chi connectivity index (χ3n) is 9.95. The molecule has 0 unspecified atom stereocenters. The number of hydrogen-bond acceptors (Lipinski definition) is 7. The van der Waals surface area contributed by atoms with Crippen LogP contribution in [0, 0.1) is 0 Å². The Morgan fingerprint density at radius 2 is 1.19 bits per heavy atom. The van der Waals surface area contributed by atoms with Gasteiger partial charge in [-0.25, -0.2) is 8.42 Å². The van der Waals surface area contributed by atoms with Crippen molar-refractivity contribution in [1.29, 1.82) is 0 Å². The molecule has 0 bridgehead atoms. The SMILES string of the molecule is O=S(=O)([O-])c1ccccc1-c1c2ccc(=[N+](CCCSc3ccccc3)c3ccccc3)cc-2oc2cc(N(CCCSc3ccccc3)c3ccccc3)ccc12. The molecule has 1 aliphatic heterocycles. The van der Waals surface area contributed by atoms with E-state index in [9.17, 15) is 13.0 Å². The molecule has 1 heterocycles. The van der Waals surface area contributed by atoms with Crippen LogP contribution in [0.5, 0.6) is 0 Å². The van der Waals surface area contributed by atoms with Gasteiger partial charge in [-0.2, -0.15) is 4.58 Å². The summed E-state index contributed by atoms with van der Waals surface area (Å²) in [5.74, 6) is 2.48. The lowest BCUT2D eigenvalue weighted by molar-refractivity contribution is 0.463.